The van der Waals surface area contributed by atoms with Crippen LogP contribution in [-0.2, 0) is 4.79 Å². The van der Waals surface area contributed by atoms with Crippen LogP contribution in [0.3, 0.4) is 0 Å². The van der Waals surface area contributed by atoms with Crippen molar-refractivity contribution in [1.29, 1.82) is 0 Å². The van der Waals surface area contributed by atoms with Gasteiger partial charge in [-0.2, -0.15) is 0 Å². The normalized spacial score (nSPS) is 12.3. The molecule has 0 rings (SSSR count). The lowest BCUT2D eigenvalue weighted by molar-refractivity contribution is -0.138. The van der Waals surface area contributed by atoms with Gasteiger partial charge in [-0.3, -0.25) is 4.79 Å². The fraction of sp³-hybridized carbons (Fsp3) is 0.625. The maximum atomic E-state index is 10.6. The topological polar surface area (TPSA) is 37.3 Å². The van der Waals surface area contributed by atoms with Crippen molar-refractivity contribution in [2.24, 2.45) is 0 Å². The van der Waals surface area contributed by atoms with Crippen LogP contribution >= 0.6 is 11.8 Å². The fourth-order valence-electron chi connectivity index (χ4n) is 0.414. The molecule has 0 aliphatic heterocycles. The summed E-state index contributed by atoms with van der Waals surface area (Å²) in [6.07, 6.45) is 3.88. The molecule has 3 heteroatoms. The third kappa shape index (κ3) is 4.09. The van der Waals surface area contributed by atoms with Crippen LogP contribution in [0.25, 0.3) is 0 Å². The molecule has 0 spiro atoms. The third-order valence-electron chi connectivity index (χ3n) is 1.29. The summed E-state index contributed by atoms with van der Waals surface area (Å²) in [6, 6.07) is 0. The van der Waals surface area contributed by atoms with Crippen LogP contribution in [0.4, 0.5) is 0 Å². The van der Waals surface area contributed by atoms with Crippen LogP contribution in [0.1, 0.15) is 20.8 Å². The number of carboxylic acid groups (broad SMARTS) is 1. The van der Waals surface area contributed by atoms with Crippen molar-refractivity contribution in [3.63, 3.8) is 0 Å². The average molecular weight is 174 g/mol. The molecule has 0 aliphatic rings. The van der Waals surface area contributed by atoms with Crippen molar-refractivity contribution in [3.8, 4) is 0 Å². The number of hydrogen-bond acceptors (Lipinski definition) is 2. The van der Waals surface area contributed by atoms with E-state index < -0.39 is 10.7 Å². The number of aliphatic carboxylic acids is 1. The summed E-state index contributed by atoms with van der Waals surface area (Å²) >= 11 is 1.43. The molecule has 0 saturated heterocycles. The predicted octanol–water partition coefficient (Wildman–Crippen LogP) is 2.16. The Morgan fingerprint density at radius 2 is 2.18 bits per heavy atom. The van der Waals surface area contributed by atoms with Crippen LogP contribution < -0.4 is 0 Å². The molecule has 0 aromatic heterocycles. The monoisotopic (exact) mass is 174 g/mol. The molecule has 2 nitrogen and oxygen atoms in total. The minimum Gasteiger partial charge on any atom is -0.480 e. The number of carboxylic acids is 1. The summed E-state index contributed by atoms with van der Waals surface area (Å²) in [4.78, 5) is 10.6. The molecule has 0 fully saturated rings. The zero-order chi connectivity index (χ0) is 8.91. The molecule has 0 aliphatic carbocycles. The van der Waals surface area contributed by atoms with Gasteiger partial charge < -0.3 is 5.11 Å². The van der Waals surface area contributed by atoms with E-state index in [-0.39, 0.29) is 0 Å². The quantitative estimate of drug-likeness (QED) is 0.664. The molecular formula is C8H14O2S. The van der Waals surface area contributed by atoms with Crippen LogP contribution in [-0.4, -0.2) is 21.6 Å². The molecule has 0 atom stereocenters. The molecule has 0 aromatic rings. The highest BCUT2D eigenvalue weighted by atomic mass is 32.2. The zero-order valence-corrected chi connectivity index (χ0v) is 7.94. The Hall–Kier alpha value is -0.440. The Balaban J connectivity index is 3.82. The van der Waals surface area contributed by atoms with Gasteiger partial charge >= 0.3 is 5.97 Å². The van der Waals surface area contributed by atoms with E-state index in [2.05, 4.69) is 0 Å². The highest BCUT2D eigenvalue weighted by molar-refractivity contribution is 8.01. The molecule has 0 unspecified atom stereocenters. The third-order valence-corrected chi connectivity index (χ3v) is 2.55. The number of rotatable bonds is 4. The van der Waals surface area contributed by atoms with Crippen LogP contribution in [0.15, 0.2) is 12.2 Å². The van der Waals surface area contributed by atoms with Gasteiger partial charge in [0.2, 0.25) is 0 Å². The van der Waals surface area contributed by atoms with E-state index in [1.165, 1.54) is 11.8 Å². The molecule has 0 aromatic carbocycles. The Morgan fingerprint density at radius 3 is 2.55 bits per heavy atom. The highest BCUT2D eigenvalue weighted by Crippen LogP contribution is 2.24. The maximum absolute atomic E-state index is 10.6. The summed E-state index contributed by atoms with van der Waals surface area (Å²) in [5.74, 6) is 0.00232. The first-order valence-corrected chi connectivity index (χ1v) is 4.48. The summed E-state index contributed by atoms with van der Waals surface area (Å²) in [5, 5.41) is 8.70. The van der Waals surface area contributed by atoms with E-state index in [0.29, 0.717) is 0 Å². The molecule has 64 valence electrons. The van der Waals surface area contributed by atoms with Gasteiger partial charge in [0.1, 0.15) is 4.75 Å². The van der Waals surface area contributed by atoms with Gasteiger partial charge in [-0.15, -0.1) is 11.8 Å². The van der Waals surface area contributed by atoms with Crippen LogP contribution in [0.2, 0.25) is 0 Å². The van der Waals surface area contributed by atoms with Crippen LogP contribution in [0, 0.1) is 0 Å². The molecule has 1 N–H and O–H groups in total. The fourth-order valence-corrected chi connectivity index (χ4v) is 1.24. The standard InChI is InChI=1S/C8H14O2S/c1-4-5-6-11-8(2,3)7(9)10/h4-5H,6H2,1-3H3,(H,9,10)/b5-4+. The van der Waals surface area contributed by atoms with Crippen molar-refractivity contribution < 1.29 is 9.90 Å². The van der Waals surface area contributed by atoms with Gasteiger partial charge in [-0.1, -0.05) is 12.2 Å². The lowest BCUT2D eigenvalue weighted by Gasteiger charge is -2.16. The van der Waals surface area contributed by atoms with E-state index in [0.717, 1.165) is 5.75 Å². The Bertz CT molecular complexity index is 161. The van der Waals surface area contributed by atoms with Crippen molar-refractivity contribution in [1.82, 2.24) is 0 Å². The van der Waals surface area contributed by atoms with E-state index in [9.17, 15) is 4.79 Å². The zero-order valence-electron chi connectivity index (χ0n) is 7.13. The lowest BCUT2D eigenvalue weighted by Crippen LogP contribution is -2.27. The van der Waals surface area contributed by atoms with Crippen molar-refractivity contribution >= 4 is 17.7 Å². The van der Waals surface area contributed by atoms with E-state index >= 15 is 0 Å². The van der Waals surface area contributed by atoms with Crippen molar-refractivity contribution in [2.75, 3.05) is 5.75 Å². The summed E-state index contributed by atoms with van der Waals surface area (Å²) in [5.41, 5.74) is 0. The largest absolute Gasteiger partial charge is 0.480 e. The number of thioether (sulfide) groups is 1. The Kier molecular flexibility index (Phi) is 4.26. The molecular weight excluding hydrogens is 160 g/mol. The molecule has 0 bridgehead atoms. The van der Waals surface area contributed by atoms with E-state index in [1.807, 2.05) is 19.1 Å². The van der Waals surface area contributed by atoms with Crippen molar-refractivity contribution in [2.45, 2.75) is 25.5 Å². The Labute approximate surface area is 71.7 Å². The summed E-state index contributed by atoms with van der Waals surface area (Å²) in [7, 11) is 0. The summed E-state index contributed by atoms with van der Waals surface area (Å²) < 4.78 is -0.667. The van der Waals surface area contributed by atoms with E-state index in [1.54, 1.807) is 13.8 Å². The second kappa shape index (κ2) is 4.44. The second-order valence-corrected chi connectivity index (χ2v) is 4.34. The van der Waals surface area contributed by atoms with Gasteiger partial charge in [-0.25, -0.2) is 0 Å². The molecule has 11 heavy (non-hydrogen) atoms. The maximum Gasteiger partial charge on any atom is 0.319 e. The van der Waals surface area contributed by atoms with Gasteiger partial charge in [0.05, 0.1) is 0 Å². The Morgan fingerprint density at radius 1 is 1.64 bits per heavy atom. The van der Waals surface area contributed by atoms with Gasteiger partial charge in [-0.05, 0) is 20.8 Å². The number of carbonyl (C=O) groups is 1. The number of allylic oxidation sites excluding steroid dienone is 1. The first-order chi connectivity index (χ1) is 5.00. The average Bonchev–Trinajstić information content (AvgIpc) is 1.88. The minimum atomic E-state index is -0.757. The molecule has 0 amide bonds. The van der Waals surface area contributed by atoms with Gasteiger partial charge in [0.15, 0.2) is 0 Å². The van der Waals surface area contributed by atoms with Crippen LogP contribution in [0.5, 0.6) is 0 Å². The minimum absolute atomic E-state index is 0.667. The smallest absolute Gasteiger partial charge is 0.319 e. The van der Waals surface area contributed by atoms with Gasteiger partial charge in [0.25, 0.3) is 0 Å². The molecule has 0 heterocycles. The first-order valence-electron chi connectivity index (χ1n) is 3.49. The van der Waals surface area contributed by atoms with Crippen molar-refractivity contribution in [3.05, 3.63) is 12.2 Å². The molecule has 0 saturated carbocycles. The molecule has 0 radical (unpaired) electrons. The SMILES string of the molecule is C/C=C/CSC(C)(C)C(=O)O. The summed E-state index contributed by atoms with van der Waals surface area (Å²) in [6.45, 7) is 5.35. The van der Waals surface area contributed by atoms with Gasteiger partial charge in [0, 0.05) is 5.75 Å². The number of hydrogen-bond donors (Lipinski definition) is 1. The second-order valence-electron chi connectivity index (χ2n) is 2.70. The van der Waals surface area contributed by atoms with E-state index in [4.69, 9.17) is 5.11 Å². The predicted molar refractivity (Wildman–Crippen MR) is 49.0 cm³/mol. The lowest BCUT2D eigenvalue weighted by atomic mass is 10.2. The first kappa shape index (κ1) is 10.6. The highest BCUT2D eigenvalue weighted by Gasteiger charge is 2.26.